The molecule has 1 aromatic heterocycles. The van der Waals surface area contributed by atoms with Gasteiger partial charge < -0.3 is 15.0 Å². The van der Waals surface area contributed by atoms with Crippen LogP contribution < -0.4 is 10.9 Å². The average Bonchev–Trinajstić information content (AvgIpc) is 2.81. The number of urea groups is 1. The molecule has 1 N–H and O–H groups in total. The third kappa shape index (κ3) is 6.15. The number of ether oxygens (including phenoxy) is 1. The summed E-state index contributed by atoms with van der Waals surface area (Å²) in [6, 6.07) is 13.7. The molecule has 0 aliphatic carbocycles. The molecule has 0 saturated carbocycles. The molecular formula is C26H33ClN4O3. The van der Waals surface area contributed by atoms with E-state index in [1.807, 2.05) is 25.1 Å². The fraction of sp³-hybridized carbons (Fsp3) is 0.423. The molecule has 1 atom stereocenters. The minimum absolute atomic E-state index is 0.129. The molecule has 0 aliphatic rings. The molecular weight excluding hydrogens is 452 g/mol. The Balaban J connectivity index is 2.08. The van der Waals surface area contributed by atoms with Gasteiger partial charge in [0, 0.05) is 24.4 Å². The summed E-state index contributed by atoms with van der Waals surface area (Å²) in [6.45, 7) is 7.49. The highest BCUT2D eigenvalue weighted by Crippen LogP contribution is 2.26. The Bertz CT molecular complexity index is 1180. The van der Waals surface area contributed by atoms with Crippen molar-refractivity contribution < 1.29 is 9.53 Å². The molecule has 1 heterocycles. The highest BCUT2D eigenvalue weighted by atomic mass is 35.5. The molecule has 2 aromatic carbocycles. The van der Waals surface area contributed by atoms with Gasteiger partial charge in [-0.1, -0.05) is 50.6 Å². The van der Waals surface area contributed by atoms with Crippen molar-refractivity contribution in [3.8, 4) is 0 Å². The predicted octanol–water partition coefficient (Wildman–Crippen LogP) is 5.73. The first-order valence-corrected chi connectivity index (χ1v) is 12.0. The van der Waals surface area contributed by atoms with Crippen LogP contribution in [0.3, 0.4) is 0 Å². The molecule has 0 fully saturated rings. The Morgan fingerprint density at radius 3 is 2.65 bits per heavy atom. The number of hydrogen-bond acceptors (Lipinski definition) is 4. The minimum atomic E-state index is -0.396. The van der Waals surface area contributed by atoms with Crippen molar-refractivity contribution in [2.75, 3.05) is 25.6 Å². The first kappa shape index (κ1) is 25.7. The molecule has 0 spiro atoms. The fourth-order valence-electron chi connectivity index (χ4n) is 3.94. The SMILES string of the molecule is CCC(c1nc2ccccc2c(=O)n1CCOC)N(CCC(C)C)C(=O)Nc1cccc(Cl)c1. The van der Waals surface area contributed by atoms with Crippen molar-refractivity contribution >= 4 is 34.2 Å². The lowest BCUT2D eigenvalue weighted by Gasteiger charge is -2.33. The summed E-state index contributed by atoms with van der Waals surface area (Å²) >= 11 is 6.11. The summed E-state index contributed by atoms with van der Waals surface area (Å²) in [5.41, 5.74) is 1.11. The van der Waals surface area contributed by atoms with Crippen LogP contribution in [0.5, 0.6) is 0 Å². The zero-order valence-corrected chi connectivity index (χ0v) is 21.0. The molecule has 182 valence electrons. The zero-order valence-electron chi connectivity index (χ0n) is 20.3. The second-order valence-electron chi connectivity index (χ2n) is 8.68. The lowest BCUT2D eigenvalue weighted by Crippen LogP contribution is -2.42. The van der Waals surface area contributed by atoms with Gasteiger partial charge in [-0.2, -0.15) is 0 Å². The van der Waals surface area contributed by atoms with Gasteiger partial charge in [-0.25, -0.2) is 9.78 Å². The average molecular weight is 485 g/mol. The Hall–Kier alpha value is -2.90. The van der Waals surface area contributed by atoms with Crippen molar-refractivity contribution in [3.05, 3.63) is 69.7 Å². The van der Waals surface area contributed by atoms with Crippen molar-refractivity contribution in [1.82, 2.24) is 14.5 Å². The highest BCUT2D eigenvalue weighted by Gasteiger charge is 2.28. The number of carbonyl (C=O) groups excluding carboxylic acids is 1. The van der Waals surface area contributed by atoms with Gasteiger partial charge in [-0.15, -0.1) is 0 Å². The third-order valence-corrected chi connectivity index (χ3v) is 5.99. The molecule has 1 unspecified atom stereocenters. The number of hydrogen-bond donors (Lipinski definition) is 1. The van der Waals surface area contributed by atoms with E-state index in [1.54, 1.807) is 46.9 Å². The topological polar surface area (TPSA) is 76.5 Å². The van der Waals surface area contributed by atoms with Crippen molar-refractivity contribution in [2.24, 2.45) is 5.92 Å². The van der Waals surface area contributed by atoms with E-state index in [0.29, 0.717) is 59.5 Å². The number of rotatable bonds is 10. The van der Waals surface area contributed by atoms with Crippen LogP contribution in [-0.2, 0) is 11.3 Å². The van der Waals surface area contributed by atoms with Gasteiger partial charge in [0.15, 0.2) is 0 Å². The third-order valence-electron chi connectivity index (χ3n) is 5.76. The largest absolute Gasteiger partial charge is 0.383 e. The number of nitrogens with zero attached hydrogens (tertiary/aromatic N) is 3. The molecule has 2 amide bonds. The van der Waals surface area contributed by atoms with Crippen LogP contribution in [0.25, 0.3) is 10.9 Å². The maximum Gasteiger partial charge on any atom is 0.322 e. The van der Waals surface area contributed by atoms with E-state index in [0.717, 1.165) is 6.42 Å². The van der Waals surface area contributed by atoms with Crippen molar-refractivity contribution in [2.45, 2.75) is 46.2 Å². The molecule has 0 bridgehead atoms. The number of anilines is 1. The second kappa shape index (κ2) is 12.0. The Kier molecular flexibility index (Phi) is 9.07. The van der Waals surface area contributed by atoms with Gasteiger partial charge in [0.2, 0.25) is 0 Å². The van der Waals surface area contributed by atoms with Crippen LogP contribution in [0.15, 0.2) is 53.3 Å². The molecule has 0 aliphatic heterocycles. The summed E-state index contributed by atoms with van der Waals surface area (Å²) in [5.74, 6) is 0.965. The lowest BCUT2D eigenvalue weighted by molar-refractivity contribution is 0.166. The molecule has 0 radical (unpaired) electrons. The number of para-hydroxylation sites is 1. The number of benzene rings is 2. The number of fused-ring (bicyclic) bond motifs is 1. The van der Waals surface area contributed by atoms with E-state index in [1.165, 1.54) is 0 Å². The summed E-state index contributed by atoms with van der Waals surface area (Å²) in [6.07, 6.45) is 1.41. The molecule has 7 nitrogen and oxygen atoms in total. The molecule has 3 rings (SSSR count). The summed E-state index contributed by atoms with van der Waals surface area (Å²) in [4.78, 5) is 33.6. The van der Waals surface area contributed by atoms with Crippen molar-refractivity contribution in [3.63, 3.8) is 0 Å². The summed E-state index contributed by atoms with van der Waals surface area (Å²) < 4.78 is 6.91. The Morgan fingerprint density at radius 2 is 1.97 bits per heavy atom. The van der Waals surface area contributed by atoms with Crippen LogP contribution in [-0.4, -0.2) is 40.7 Å². The van der Waals surface area contributed by atoms with Crippen LogP contribution in [0.1, 0.15) is 45.5 Å². The van der Waals surface area contributed by atoms with Crippen LogP contribution in [0.4, 0.5) is 10.5 Å². The van der Waals surface area contributed by atoms with E-state index < -0.39 is 6.04 Å². The van der Waals surface area contributed by atoms with Crippen LogP contribution >= 0.6 is 11.6 Å². The molecule has 34 heavy (non-hydrogen) atoms. The van der Waals surface area contributed by atoms with E-state index >= 15 is 0 Å². The van der Waals surface area contributed by atoms with E-state index in [-0.39, 0.29) is 11.6 Å². The maximum atomic E-state index is 13.5. The van der Waals surface area contributed by atoms with E-state index in [9.17, 15) is 9.59 Å². The zero-order chi connectivity index (χ0) is 24.7. The van der Waals surface area contributed by atoms with Crippen LogP contribution in [0, 0.1) is 5.92 Å². The first-order chi connectivity index (χ1) is 16.3. The number of nitrogens with one attached hydrogen (secondary N) is 1. The Labute approximate surface area is 205 Å². The quantitative estimate of drug-likeness (QED) is 0.399. The van der Waals surface area contributed by atoms with Gasteiger partial charge in [0.25, 0.3) is 5.56 Å². The predicted molar refractivity (Wildman–Crippen MR) is 138 cm³/mol. The highest BCUT2D eigenvalue weighted by molar-refractivity contribution is 6.30. The lowest BCUT2D eigenvalue weighted by atomic mass is 10.1. The second-order valence-corrected chi connectivity index (χ2v) is 9.11. The minimum Gasteiger partial charge on any atom is -0.383 e. The first-order valence-electron chi connectivity index (χ1n) is 11.7. The van der Waals surface area contributed by atoms with Gasteiger partial charge in [-0.05, 0) is 49.1 Å². The van der Waals surface area contributed by atoms with Gasteiger partial charge >= 0.3 is 6.03 Å². The van der Waals surface area contributed by atoms with E-state index in [4.69, 9.17) is 21.3 Å². The summed E-state index contributed by atoms with van der Waals surface area (Å²) in [5, 5.41) is 4.06. The van der Waals surface area contributed by atoms with Gasteiger partial charge in [0.05, 0.1) is 30.1 Å². The maximum absolute atomic E-state index is 13.5. The van der Waals surface area contributed by atoms with E-state index in [2.05, 4.69) is 19.2 Å². The fourth-order valence-corrected chi connectivity index (χ4v) is 4.13. The molecule has 3 aromatic rings. The summed E-state index contributed by atoms with van der Waals surface area (Å²) in [7, 11) is 1.60. The van der Waals surface area contributed by atoms with Gasteiger partial charge in [0.1, 0.15) is 5.82 Å². The monoisotopic (exact) mass is 484 g/mol. The number of halogens is 1. The number of amides is 2. The number of methoxy groups -OCH3 is 1. The number of carbonyl (C=O) groups is 1. The van der Waals surface area contributed by atoms with Crippen LogP contribution in [0.2, 0.25) is 5.02 Å². The van der Waals surface area contributed by atoms with Crippen molar-refractivity contribution in [1.29, 1.82) is 0 Å². The molecule has 8 heteroatoms. The standard InChI is InChI=1S/C26H33ClN4O3/c1-5-23(24-29-22-12-7-6-11-21(22)25(32)31(24)15-16-34-4)30(14-13-18(2)3)26(33)28-20-10-8-9-19(27)17-20/h6-12,17-18,23H,5,13-16H2,1-4H3,(H,28,33). The number of aromatic nitrogens is 2. The smallest absolute Gasteiger partial charge is 0.322 e. The normalized spacial score (nSPS) is 12.2. The Morgan fingerprint density at radius 1 is 1.21 bits per heavy atom. The van der Waals surface area contributed by atoms with Gasteiger partial charge in [-0.3, -0.25) is 9.36 Å². The molecule has 0 saturated heterocycles.